The van der Waals surface area contributed by atoms with Crippen LogP contribution in [0.3, 0.4) is 0 Å². The summed E-state index contributed by atoms with van der Waals surface area (Å²) in [5.41, 5.74) is 0. The summed E-state index contributed by atoms with van der Waals surface area (Å²) in [6.07, 6.45) is 16.7. The quantitative estimate of drug-likeness (QED) is 0.179. The number of aliphatic carboxylic acids is 1. The molecule has 0 saturated heterocycles. The molecule has 0 spiro atoms. The van der Waals surface area contributed by atoms with Crippen LogP contribution in [0.2, 0.25) is 0 Å². The highest BCUT2D eigenvalue weighted by Gasteiger charge is 2.05. The summed E-state index contributed by atoms with van der Waals surface area (Å²) >= 11 is 0. The molecule has 0 aliphatic heterocycles. The molecule has 0 heterocycles. The molecular formula is C20H38O5. The maximum atomic E-state index is 11.3. The lowest BCUT2D eigenvalue weighted by atomic mass is 10.1. The van der Waals surface area contributed by atoms with E-state index in [1.807, 2.05) is 0 Å². The minimum absolute atomic E-state index is 0.0903. The lowest BCUT2D eigenvalue weighted by Crippen LogP contribution is -2.06. The standard InChI is InChI=1S/C20H38O5/c1-2-3-4-5-6-7-8-9-10-11-12-15-18-24-25-20(23)17-14-13-16-19(21)22/h2-18H2,1H3,(H,21,22). The van der Waals surface area contributed by atoms with Gasteiger partial charge in [-0.05, 0) is 19.3 Å². The van der Waals surface area contributed by atoms with Crippen molar-refractivity contribution in [2.45, 2.75) is 110 Å². The Kier molecular flexibility index (Phi) is 18.4. The van der Waals surface area contributed by atoms with E-state index in [0.717, 1.165) is 12.8 Å². The van der Waals surface area contributed by atoms with Gasteiger partial charge in [-0.15, -0.1) is 0 Å². The second-order valence-corrected chi connectivity index (χ2v) is 6.77. The third-order valence-corrected chi connectivity index (χ3v) is 4.25. The molecule has 0 aliphatic carbocycles. The number of hydrogen-bond donors (Lipinski definition) is 1. The Hall–Kier alpha value is -1.10. The van der Waals surface area contributed by atoms with E-state index in [1.54, 1.807) is 0 Å². The number of carbonyl (C=O) groups excluding carboxylic acids is 1. The van der Waals surface area contributed by atoms with Crippen LogP contribution in [0.1, 0.15) is 110 Å². The van der Waals surface area contributed by atoms with Gasteiger partial charge in [-0.25, -0.2) is 4.79 Å². The molecule has 148 valence electrons. The third kappa shape index (κ3) is 20.9. The zero-order valence-electron chi connectivity index (χ0n) is 16.1. The van der Waals surface area contributed by atoms with Crippen LogP contribution in [0.15, 0.2) is 0 Å². The van der Waals surface area contributed by atoms with Crippen molar-refractivity contribution < 1.29 is 24.5 Å². The van der Waals surface area contributed by atoms with E-state index in [4.69, 9.17) is 9.99 Å². The fraction of sp³-hybridized carbons (Fsp3) is 0.900. The van der Waals surface area contributed by atoms with Gasteiger partial charge in [0.2, 0.25) is 0 Å². The van der Waals surface area contributed by atoms with Gasteiger partial charge in [0.05, 0.1) is 6.61 Å². The van der Waals surface area contributed by atoms with E-state index in [9.17, 15) is 9.59 Å². The Bertz CT molecular complexity index is 317. The van der Waals surface area contributed by atoms with Gasteiger partial charge in [-0.3, -0.25) is 9.68 Å². The normalized spacial score (nSPS) is 10.8. The van der Waals surface area contributed by atoms with Crippen molar-refractivity contribution in [2.75, 3.05) is 6.61 Å². The Morgan fingerprint density at radius 3 is 1.68 bits per heavy atom. The molecule has 0 atom stereocenters. The molecule has 25 heavy (non-hydrogen) atoms. The number of rotatable bonds is 19. The maximum Gasteiger partial charge on any atom is 0.342 e. The summed E-state index contributed by atoms with van der Waals surface area (Å²) in [6.45, 7) is 2.69. The topological polar surface area (TPSA) is 72.8 Å². The lowest BCUT2D eigenvalue weighted by molar-refractivity contribution is -0.272. The van der Waals surface area contributed by atoms with Gasteiger partial charge in [0.15, 0.2) is 0 Å². The van der Waals surface area contributed by atoms with E-state index in [1.165, 1.54) is 64.2 Å². The van der Waals surface area contributed by atoms with Gasteiger partial charge >= 0.3 is 11.9 Å². The van der Waals surface area contributed by atoms with Crippen molar-refractivity contribution >= 4 is 11.9 Å². The average molecular weight is 359 g/mol. The maximum absolute atomic E-state index is 11.3. The number of carbonyl (C=O) groups is 2. The summed E-state index contributed by atoms with van der Waals surface area (Å²) in [5, 5.41) is 8.48. The summed E-state index contributed by atoms with van der Waals surface area (Å²) in [5.74, 6) is -1.25. The minimum atomic E-state index is -0.836. The highest BCUT2D eigenvalue weighted by atomic mass is 17.2. The minimum Gasteiger partial charge on any atom is -0.481 e. The smallest absolute Gasteiger partial charge is 0.342 e. The molecule has 5 heteroatoms. The largest absolute Gasteiger partial charge is 0.481 e. The van der Waals surface area contributed by atoms with Crippen molar-refractivity contribution in [3.8, 4) is 0 Å². The SMILES string of the molecule is CCCCCCCCCCCCCCOOC(=O)CCCCC(=O)O. The summed E-state index contributed by atoms with van der Waals surface area (Å²) in [4.78, 5) is 31.2. The number of unbranched alkanes of at least 4 members (excludes halogenated alkanes) is 12. The molecule has 0 aliphatic rings. The van der Waals surface area contributed by atoms with E-state index >= 15 is 0 Å². The fourth-order valence-corrected chi connectivity index (χ4v) is 2.70. The summed E-state index contributed by atoms with van der Waals surface area (Å²) in [6, 6.07) is 0. The molecule has 0 aromatic rings. The van der Waals surface area contributed by atoms with E-state index in [2.05, 4.69) is 11.8 Å². The molecule has 0 aromatic heterocycles. The second-order valence-electron chi connectivity index (χ2n) is 6.77. The highest BCUT2D eigenvalue weighted by molar-refractivity contribution is 5.69. The number of carboxylic acids is 1. The molecule has 0 aromatic carbocycles. The first-order chi connectivity index (χ1) is 12.2. The Morgan fingerprint density at radius 1 is 0.680 bits per heavy atom. The molecule has 5 nitrogen and oxygen atoms in total. The highest BCUT2D eigenvalue weighted by Crippen LogP contribution is 2.12. The molecule has 0 amide bonds. The number of hydrogen-bond acceptors (Lipinski definition) is 4. The van der Waals surface area contributed by atoms with Crippen LogP contribution in [-0.4, -0.2) is 23.7 Å². The molecule has 1 N–H and O–H groups in total. The predicted molar refractivity (Wildman–Crippen MR) is 99.2 cm³/mol. The Morgan fingerprint density at radius 2 is 1.16 bits per heavy atom. The zero-order chi connectivity index (χ0) is 18.6. The average Bonchev–Trinajstić information content (AvgIpc) is 2.59. The molecule has 0 bridgehead atoms. The fourth-order valence-electron chi connectivity index (χ4n) is 2.70. The van der Waals surface area contributed by atoms with E-state index in [-0.39, 0.29) is 12.8 Å². The first-order valence-corrected chi connectivity index (χ1v) is 10.2. The molecule has 0 unspecified atom stereocenters. The van der Waals surface area contributed by atoms with Crippen LogP contribution in [0, 0.1) is 0 Å². The van der Waals surface area contributed by atoms with Gasteiger partial charge in [0.1, 0.15) is 0 Å². The summed E-state index contributed by atoms with van der Waals surface area (Å²) in [7, 11) is 0. The van der Waals surface area contributed by atoms with Gasteiger partial charge in [0, 0.05) is 12.8 Å². The van der Waals surface area contributed by atoms with Crippen molar-refractivity contribution in [1.29, 1.82) is 0 Å². The van der Waals surface area contributed by atoms with Crippen molar-refractivity contribution in [2.24, 2.45) is 0 Å². The van der Waals surface area contributed by atoms with Crippen LogP contribution in [0.4, 0.5) is 0 Å². The van der Waals surface area contributed by atoms with Crippen molar-refractivity contribution in [1.82, 2.24) is 0 Å². The van der Waals surface area contributed by atoms with Gasteiger partial charge in [0.25, 0.3) is 0 Å². The van der Waals surface area contributed by atoms with Crippen LogP contribution in [0.5, 0.6) is 0 Å². The Labute approximate surface area is 153 Å². The van der Waals surface area contributed by atoms with Gasteiger partial charge < -0.3 is 5.11 Å². The Balaban J connectivity index is 3.13. The lowest BCUT2D eigenvalue weighted by Gasteiger charge is -2.04. The second kappa shape index (κ2) is 19.2. The van der Waals surface area contributed by atoms with Crippen molar-refractivity contribution in [3.63, 3.8) is 0 Å². The van der Waals surface area contributed by atoms with E-state index in [0.29, 0.717) is 19.4 Å². The molecule has 0 rings (SSSR count). The van der Waals surface area contributed by atoms with Crippen LogP contribution < -0.4 is 0 Å². The van der Waals surface area contributed by atoms with E-state index < -0.39 is 11.9 Å². The van der Waals surface area contributed by atoms with Crippen molar-refractivity contribution in [3.05, 3.63) is 0 Å². The molecule has 0 fully saturated rings. The van der Waals surface area contributed by atoms with Crippen LogP contribution in [0.25, 0.3) is 0 Å². The first kappa shape index (κ1) is 23.9. The van der Waals surface area contributed by atoms with Gasteiger partial charge in [-0.1, -0.05) is 77.6 Å². The number of carboxylic acid groups (broad SMARTS) is 1. The third-order valence-electron chi connectivity index (χ3n) is 4.25. The van der Waals surface area contributed by atoms with Gasteiger partial charge in [-0.2, -0.15) is 4.89 Å². The monoisotopic (exact) mass is 358 g/mol. The zero-order valence-corrected chi connectivity index (χ0v) is 16.1. The van der Waals surface area contributed by atoms with Crippen LogP contribution >= 0.6 is 0 Å². The van der Waals surface area contributed by atoms with Crippen LogP contribution in [-0.2, 0) is 19.4 Å². The summed E-state index contributed by atoms with van der Waals surface area (Å²) < 4.78 is 0. The first-order valence-electron chi connectivity index (χ1n) is 10.2. The molecule has 0 saturated carbocycles. The molecular weight excluding hydrogens is 320 g/mol. The predicted octanol–water partition coefficient (Wildman–Crippen LogP) is 5.81. The molecule has 0 radical (unpaired) electrons.